The maximum Gasteiger partial charge on any atom is 0.322 e. The standard InChI is InChI=1S/C19H16FN5O7S/c1-10-15(24(26)27)8-13(9-16(10)25(28)29)33(30,31)23-18-11(2)21-19(22-12(18)3)32-17-7-5-4-6-14(17)20/h4-9,23H,1-3H3. The Bertz CT molecular complexity index is 1340. The van der Waals surface area contributed by atoms with E-state index >= 15 is 0 Å². The van der Waals surface area contributed by atoms with E-state index in [1.165, 1.54) is 32.0 Å². The molecule has 0 aliphatic heterocycles. The Morgan fingerprint density at radius 1 is 0.970 bits per heavy atom. The zero-order chi connectivity index (χ0) is 24.5. The molecule has 0 fully saturated rings. The fraction of sp³-hybridized carbons (Fsp3) is 0.158. The second-order valence-electron chi connectivity index (χ2n) is 6.79. The highest BCUT2D eigenvalue weighted by atomic mass is 32.2. The van der Waals surface area contributed by atoms with E-state index in [0.717, 1.165) is 19.1 Å². The molecule has 1 heterocycles. The first kappa shape index (κ1) is 23.5. The van der Waals surface area contributed by atoms with E-state index in [1.54, 1.807) is 6.07 Å². The number of halogens is 1. The molecule has 0 saturated heterocycles. The van der Waals surface area contributed by atoms with Crippen LogP contribution in [0.25, 0.3) is 0 Å². The van der Waals surface area contributed by atoms with Crippen LogP contribution in [0.15, 0.2) is 41.3 Å². The number of nitro groups is 2. The molecular formula is C19H16FN5O7S. The maximum absolute atomic E-state index is 13.8. The van der Waals surface area contributed by atoms with Crippen molar-refractivity contribution in [1.29, 1.82) is 0 Å². The average Bonchev–Trinajstić information content (AvgIpc) is 2.72. The van der Waals surface area contributed by atoms with Crippen molar-refractivity contribution in [2.45, 2.75) is 25.7 Å². The lowest BCUT2D eigenvalue weighted by Gasteiger charge is -2.14. The Hall–Kier alpha value is -4.20. The number of hydrogen-bond acceptors (Lipinski definition) is 9. The van der Waals surface area contributed by atoms with E-state index in [1.807, 2.05) is 0 Å². The van der Waals surface area contributed by atoms with Crippen molar-refractivity contribution in [2.75, 3.05) is 4.72 Å². The van der Waals surface area contributed by atoms with Crippen LogP contribution in [0, 0.1) is 46.8 Å². The highest BCUT2D eigenvalue weighted by Crippen LogP contribution is 2.33. The van der Waals surface area contributed by atoms with Gasteiger partial charge in [0.2, 0.25) is 0 Å². The highest BCUT2D eigenvalue weighted by molar-refractivity contribution is 7.92. The van der Waals surface area contributed by atoms with Gasteiger partial charge in [-0.05, 0) is 32.9 Å². The number of aromatic nitrogens is 2. The van der Waals surface area contributed by atoms with E-state index in [-0.39, 0.29) is 34.4 Å². The van der Waals surface area contributed by atoms with E-state index in [9.17, 15) is 33.0 Å². The molecule has 3 aromatic rings. The van der Waals surface area contributed by atoms with Crippen molar-refractivity contribution in [1.82, 2.24) is 9.97 Å². The quantitative estimate of drug-likeness (QED) is 0.391. The molecule has 0 spiro atoms. The first-order chi connectivity index (χ1) is 15.4. The molecule has 0 saturated carbocycles. The summed E-state index contributed by atoms with van der Waals surface area (Å²) in [5.74, 6) is -0.785. The zero-order valence-corrected chi connectivity index (χ0v) is 18.2. The van der Waals surface area contributed by atoms with Gasteiger partial charge < -0.3 is 4.74 Å². The summed E-state index contributed by atoms with van der Waals surface area (Å²) in [6.07, 6.45) is 0. The third-order valence-corrected chi connectivity index (χ3v) is 5.88. The predicted molar refractivity (Wildman–Crippen MR) is 113 cm³/mol. The molecule has 0 radical (unpaired) electrons. The average molecular weight is 477 g/mol. The molecule has 1 N–H and O–H groups in total. The Kier molecular flexibility index (Phi) is 6.21. The minimum Gasteiger partial charge on any atom is -0.421 e. The number of hydrogen-bond donors (Lipinski definition) is 1. The van der Waals surface area contributed by atoms with Gasteiger partial charge in [0.15, 0.2) is 11.6 Å². The van der Waals surface area contributed by atoms with Crippen molar-refractivity contribution in [2.24, 2.45) is 0 Å². The molecule has 0 bridgehead atoms. The van der Waals surface area contributed by atoms with Crippen LogP contribution in [0.3, 0.4) is 0 Å². The Morgan fingerprint density at radius 3 is 1.97 bits per heavy atom. The molecule has 14 heteroatoms. The van der Waals surface area contributed by atoms with Crippen LogP contribution in [-0.4, -0.2) is 28.2 Å². The first-order valence-electron chi connectivity index (χ1n) is 9.14. The third-order valence-electron chi connectivity index (χ3n) is 4.55. The number of anilines is 1. The van der Waals surface area contributed by atoms with E-state index in [4.69, 9.17) is 4.74 Å². The number of nitrogens with one attached hydrogen (secondary N) is 1. The van der Waals surface area contributed by atoms with Gasteiger partial charge in [-0.2, -0.15) is 9.97 Å². The van der Waals surface area contributed by atoms with Crippen molar-refractivity contribution < 1.29 is 27.4 Å². The number of sulfonamides is 1. The van der Waals surface area contributed by atoms with Gasteiger partial charge in [-0.25, -0.2) is 12.8 Å². The number of rotatable bonds is 7. The molecule has 172 valence electrons. The summed E-state index contributed by atoms with van der Waals surface area (Å²) in [6, 6.07) is 6.77. The van der Waals surface area contributed by atoms with Gasteiger partial charge >= 0.3 is 6.01 Å². The molecule has 3 rings (SSSR count). The highest BCUT2D eigenvalue weighted by Gasteiger charge is 2.29. The summed E-state index contributed by atoms with van der Waals surface area (Å²) in [5, 5.41) is 22.5. The van der Waals surface area contributed by atoms with Crippen LogP contribution in [0.5, 0.6) is 11.8 Å². The summed E-state index contributed by atoms with van der Waals surface area (Å²) in [4.78, 5) is 28.0. The number of para-hydroxylation sites is 1. The van der Waals surface area contributed by atoms with Crippen LogP contribution >= 0.6 is 0 Å². The van der Waals surface area contributed by atoms with Gasteiger partial charge in [0, 0.05) is 12.1 Å². The Balaban J connectivity index is 2.00. The maximum atomic E-state index is 13.8. The van der Waals surface area contributed by atoms with Gasteiger partial charge in [0.1, 0.15) is 10.5 Å². The van der Waals surface area contributed by atoms with Crippen LogP contribution in [0.4, 0.5) is 21.5 Å². The van der Waals surface area contributed by atoms with Crippen molar-refractivity contribution in [3.63, 3.8) is 0 Å². The summed E-state index contributed by atoms with van der Waals surface area (Å²) in [5.41, 5.74) is -1.58. The smallest absolute Gasteiger partial charge is 0.322 e. The van der Waals surface area contributed by atoms with Crippen molar-refractivity contribution in [3.05, 3.63) is 79.4 Å². The normalized spacial score (nSPS) is 11.2. The van der Waals surface area contributed by atoms with Crippen molar-refractivity contribution >= 4 is 27.1 Å². The SMILES string of the molecule is Cc1nc(Oc2ccccc2F)nc(C)c1NS(=O)(=O)c1cc([N+](=O)[O-])c(C)c([N+](=O)[O-])c1. The van der Waals surface area contributed by atoms with Crippen LogP contribution in [0.2, 0.25) is 0 Å². The second-order valence-corrected chi connectivity index (χ2v) is 8.47. The Labute approximate surface area is 186 Å². The number of aryl methyl sites for hydroxylation is 2. The Morgan fingerprint density at radius 2 is 1.48 bits per heavy atom. The van der Waals surface area contributed by atoms with E-state index < -0.39 is 42.0 Å². The molecular weight excluding hydrogens is 461 g/mol. The summed E-state index contributed by atoms with van der Waals surface area (Å²) < 4.78 is 47.1. The number of nitro benzene ring substituents is 2. The molecule has 0 aliphatic rings. The van der Waals surface area contributed by atoms with Crippen LogP contribution < -0.4 is 9.46 Å². The summed E-state index contributed by atoms with van der Waals surface area (Å²) in [6.45, 7) is 4.01. The molecule has 33 heavy (non-hydrogen) atoms. The summed E-state index contributed by atoms with van der Waals surface area (Å²) in [7, 11) is -4.51. The fourth-order valence-corrected chi connectivity index (χ4v) is 4.11. The number of ether oxygens (including phenoxy) is 1. The van der Waals surface area contributed by atoms with Crippen molar-refractivity contribution in [3.8, 4) is 11.8 Å². The molecule has 0 atom stereocenters. The fourth-order valence-electron chi connectivity index (χ4n) is 2.89. The molecule has 2 aromatic carbocycles. The van der Waals surface area contributed by atoms with Gasteiger partial charge in [0.05, 0.1) is 26.9 Å². The second kappa shape index (κ2) is 8.74. The monoisotopic (exact) mass is 477 g/mol. The number of benzene rings is 2. The molecule has 0 amide bonds. The van der Waals surface area contributed by atoms with Crippen LogP contribution in [-0.2, 0) is 10.0 Å². The lowest BCUT2D eigenvalue weighted by atomic mass is 10.1. The molecule has 12 nitrogen and oxygen atoms in total. The minimum atomic E-state index is -4.51. The molecule has 0 aliphatic carbocycles. The van der Waals surface area contributed by atoms with Gasteiger partial charge in [-0.3, -0.25) is 25.0 Å². The molecule has 1 aromatic heterocycles. The van der Waals surface area contributed by atoms with Gasteiger partial charge in [0.25, 0.3) is 21.4 Å². The minimum absolute atomic E-state index is 0.0678. The lowest BCUT2D eigenvalue weighted by Crippen LogP contribution is -2.17. The predicted octanol–water partition coefficient (Wildman–Crippen LogP) is 3.95. The first-order valence-corrected chi connectivity index (χ1v) is 10.6. The van der Waals surface area contributed by atoms with E-state index in [0.29, 0.717) is 0 Å². The molecule has 0 unspecified atom stereocenters. The summed E-state index contributed by atoms with van der Waals surface area (Å²) >= 11 is 0. The third kappa shape index (κ3) is 4.85. The van der Waals surface area contributed by atoms with E-state index in [2.05, 4.69) is 14.7 Å². The number of nitrogens with zero attached hydrogens (tertiary/aromatic N) is 4. The largest absolute Gasteiger partial charge is 0.421 e. The zero-order valence-electron chi connectivity index (χ0n) is 17.4. The lowest BCUT2D eigenvalue weighted by molar-refractivity contribution is -0.395. The van der Waals surface area contributed by atoms with Gasteiger partial charge in [-0.1, -0.05) is 12.1 Å². The topological polar surface area (TPSA) is 167 Å². The van der Waals surface area contributed by atoms with Crippen LogP contribution in [0.1, 0.15) is 17.0 Å². The van der Waals surface area contributed by atoms with Gasteiger partial charge in [-0.15, -0.1) is 0 Å².